The number of tetrazole rings is 1. The smallest absolute Gasteiger partial charge is 0.269 e. The average molecular weight is 290 g/mol. The van der Waals surface area contributed by atoms with Gasteiger partial charge in [-0.15, -0.1) is 5.10 Å². The molecule has 0 atom stereocenters. The van der Waals surface area contributed by atoms with E-state index in [2.05, 4.69) is 26.0 Å². The van der Waals surface area contributed by atoms with Crippen molar-refractivity contribution in [1.29, 1.82) is 0 Å². The van der Waals surface area contributed by atoms with Gasteiger partial charge in [-0.1, -0.05) is 22.3 Å². The Morgan fingerprint density at radius 1 is 1.25 bits per heavy atom. The molecule has 0 aliphatic carbocycles. The molecule has 0 aliphatic rings. The molecule has 2 aromatic rings. The van der Waals surface area contributed by atoms with Gasteiger partial charge >= 0.3 is 0 Å². The predicted octanol–water partition coefficient (Wildman–Crippen LogP) is 0.954. The van der Waals surface area contributed by atoms with Crippen LogP contribution in [0.15, 0.2) is 18.2 Å². The number of rotatable bonds is 2. The Morgan fingerprint density at radius 3 is 2.45 bits per heavy atom. The van der Waals surface area contributed by atoms with Gasteiger partial charge in [-0.3, -0.25) is 15.4 Å². The number of benzene rings is 1. The molecule has 1 heterocycles. The second-order valence-corrected chi connectivity index (χ2v) is 4.80. The third-order valence-electron chi connectivity index (χ3n) is 2.44. The molecule has 0 aliphatic heterocycles. The molecule has 20 heavy (non-hydrogen) atoms. The van der Waals surface area contributed by atoms with E-state index in [9.17, 15) is 4.79 Å². The van der Waals surface area contributed by atoms with Gasteiger partial charge in [0.15, 0.2) is 5.11 Å². The van der Waals surface area contributed by atoms with Crippen LogP contribution in [0, 0.1) is 13.8 Å². The van der Waals surface area contributed by atoms with E-state index in [0.717, 1.165) is 11.1 Å². The maximum atomic E-state index is 12.1. The highest BCUT2D eigenvalue weighted by Gasteiger charge is 2.10. The number of nitrogens with one attached hydrogen (secondary N) is 2. The molecular formula is C12H14N6OS. The molecule has 7 nitrogen and oxygen atoms in total. The minimum atomic E-state index is -0.279. The van der Waals surface area contributed by atoms with Crippen LogP contribution in [0.2, 0.25) is 0 Å². The third-order valence-corrected chi connectivity index (χ3v) is 2.65. The van der Waals surface area contributed by atoms with Crippen molar-refractivity contribution in [1.82, 2.24) is 25.5 Å². The monoisotopic (exact) mass is 290 g/mol. The van der Waals surface area contributed by atoms with Gasteiger partial charge in [0.2, 0.25) is 0 Å². The SMILES string of the molecule is Cc1cc(C)cc(C(=O)NC(=S)Nc2nnn(C)n2)c1. The van der Waals surface area contributed by atoms with Crippen molar-refractivity contribution in [2.24, 2.45) is 7.05 Å². The van der Waals surface area contributed by atoms with Crippen molar-refractivity contribution in [3.63, 3.8) is 0 Å². The number of nitrogens with zero attached hydrogens (tertiary/aromatic N) is 4. The van der Waals surface area contributed by atoms with Crippen LogP contribution < -0.4 is 10.6 Å². The Labute approximate surface area is 121 Å². The first-order valence-electron chi connectivity index (χ1n) is 5.88. The molecule has 0 radical (unpaired) electrons. The maximum Gasteiger partial charge on any atom is 0.269 e. The van der Waals surface area contributed by atoms with Crippen molar-refractivity contribution in [2.45, 2.75) is 13.8 Å². The van der Waals surface area contributed by atoms with E-state index in [1.165, 1.54) is 4.80 Å². The zero-order valence-electron chi connectivity index (χ0n) is 11.3. The Bertz CT molecular complexity index is 645. The molecule has 0 spiro atoms. The second-order valence-electron chi connectivity index (χ2n) is 4.39. The Balaban J connectivity index is 2.02. The summed E-state index contributed by atoms with van der Waals surface area (Å²) < 4.78 is 0. The van der Waals surface area contributed by atoms with Crippen LogP contribution in [-0.2, 0) is 7.05 Å². The van der Waals surface area contributed by atoms with Crippen molar-refractivity contribution in [2.75, 3.05) is 5.32 Å². The molecule has 8 heteroatoms. The van der Waals surface area contributed by atoms with E-state index in [4.69, 9.17) is 12.2 Å². The third kappa shape index (κ3) is 3.58. The van der Waals surface area contributed by atoms with Crippen LogP contribution in [0.3, 0.4) is 0 Å². The zero-order chi connectivity index (χ0) is 14.7. The molecular weight excluding hydrogens is 276 g/mol. The van der Waals surface area contributed by atoms with Gasteiger partial charge in [-0.2, -0.15) is 4.80 Å². The van der Waals surface area contributed by atoms with Crippen molar-refractivity contribution in [3.05, 3.63) is 34.9 Å². The Morgan fingerprint density at radius 2 is 1.90 bits per heavy atom. The van der Waals surface area contributed by atoms with Crippen LogP contribution >= 0.6 is 12.2 Å². The van der Waals surface area contributed by atoms with E-state index in [-0.39, 0.29) is 17.0 Å². The summed E-state index contributed by atoms with van der Waals surface area (Å²) in [4.78, 5) is 13.3. The highest BCUT2D eigenvalue weighted by atomic mass is 32.1. The summed E-state index contributed by atoms with van der Waals surface area (Å²) in [5.41, 5.74) is 2.59. The van der Waals surface area contributed by atoms with E-state index >= 15 is 0 Å². The topological polar surface area (TPSA) is 84.7 Å². The largest absolute Gasteiger partial charge is 0.299 e. The lowest BCUT2D eigenvalue weighted by atomic mass is 10.1. The van der Waals surface area contributed by atoms with Crippen LogP contribution in [0.5, 0.6) is 0 Å². The molecule has 0 bridgehead atoms. The first-order chi connectivity index (χ1) is 9.44. The van der Waals surface area contributed by atoms with E-state index in [0.29, 0.717) is 5.56 Å². The lowest BCUT2D eigenvalue weighted by molar-refractivity contribution is 0.0977. The molecule has 0 unspecified atom stereocenters. The molecule has 0 saturated heterocycles. The maximum absolute atomic E-state index is 12.1. The molecule has 104 valence electrons. The first kappa shape index (κ1) is 14.1. The van der Waals surface area contributed by atoms with Gasteiger partial charge in [0.1, 0.15) is 0 Å². The predicted molar refractivity (Wildman–Crippen MR) is 78.4 cm³/mol. The second kappa shape index (κ2) is 5.74. The number of hydrogen-bond acceptors (Lipinski definition) is 5. The van der Waals surface area contributed by atoms with Crippen molar-refractivity contribution in [3.8, 4) is 0 Å². The molecule has 1 amide bonds. The number of amides is 1. The Kier molecular flexibility index (Phi) is 4.04. The number of carbonyl (C=O) groups is 1. The minimum Gasteiger partial charge on any atom is -0.299 e. The summed E-state index contributed by atoms with van der Waals surface area (Å²) >= 11 is 5.03. The van der Waals surface area contributed by atoms with Crippen LogP contribution in [0.25, 0.3) is 0 Å². The summed E-state index contributed by atoms with van der Waals surface area (Å²) in [6.07, 6.45) is 0. The van der Waals surface area contributed by atoms with E-state index < -0.39 is 0 Å². The number of aryl methyl sites for hydroxylation is 3. The van der Waals surface area contributed by atoms with Crippen LogP contribution in [0.4, 0.5) is 5.95 Å². The number of hydrogen-bond donors (Lipinski definition) is 2. The van der Waals surface area contributed by atoms with Crippen molar-refractivity contribution < 1.29 is 4.79 Å². The molecule has 1 aromatic heterocycles. The van der Waals surface area contributed by atoms with Gasteiger partial charge in [-0.25, -0.2) is 0 Å². The van der Waals surface area contributed by atoms with Crippen LogP contribution in [-0.4, -0.2) is 31.2 Å². The molecule has 2 N–H and O–H groups in total. The average Bonchev–Trinajstić information content (AvgIpc) is 2.73. The van der Waals surface area contributed by atoms with Gasteiger partial charge in [0.25, 0.3) is 11.9 Å². The summed E-state index contributed by atoms with van der Waals surface area (Å²) in [6, 6.07) is 5.59. The normalized spacial score (nSPS) is 10.2. The van der Waals surface area contributed by atoms with Gasteiger partial charge in [0.05, 0.1) is 7.05 Å². The fraction of sp³-hybridized carbons (Fsp3) is 0.250. The number of anilines is 1. The Hall–Kier alpha value is -2.35. The lowest BCUT2D eigenvalue weighted by Gasteiger charge is -2.08. The fourth-order valence-electron chi connectivity index (χ4n) is 1.75. The molecule has 1 aromatic carbocycles. The molecule has 2 rings (SSSR count). The number of aromatic nitrogens is 4. The summed E-state index contributed by atoms with van der Waals surface area (Å²) in [7, 11) is 1.63. The number of carbonyl (C=O) groups excluding carboxylic acids is 1. The number of thiocarbonyl (C=S) groups is 1. The zero-order valence-corrected chi connectivity index (χ0v) is 12.2. The summed E-state index contributed by atoms with van der Waals surface area (Å²) in [6.45, 7) is 3.87. The van der Waals surface area contributed by atoms with Gasteiger partial charge < -0.3 is 0 Å². The van der Waals surface area contributed by atoms with Gasteiger partial charge in [-0.05, 0) is 43.4 Å². The highest BCUT2D eigenvalue weighted by Crippen LogP contribution is 2.08. The minimum absolute atomic E-state index is 0.127. The fourth-order valence-corrected chi connectivity index (χ4v) is 1.93. The lowest BCUT2D eigenvalue weighted by Crippen LogP contribution is -2.34. The van der Waals surface area contributed by atoms with Crippen LogP contribution in [0.1, 0.15) is 21.5 Å². The molecule has 0 saturated carbocycles. The van der Waals surface area contributed by atoms with E-state index in [1.807, 2.05) is 19.9 Å². The van der Waals surface area contributed by atoms with E-state index in [1.54, 1.807) is 19.2 Å². The summed E-state index contributed by atoms with van der Waals surface area (Å²) in [5.74, 6) is -0.0450. The quantitative estimate of drug-likeness (QED) is 0.801. The standard InChI is InChI=1S/C12H14N6OS/c1-7-4-8(2)6-9(5-7)10(19)13-12(20)14-11-15-17-18(3)16-11/h4-6H,1-3H3,(H2,13,14,16,19,20). The van der Waals surface area contributed by atoms with Crippen molar-refractivity contribution >= 4 is 29.2 Å². The summed E-state index contributed by atoms with van der Waals surface area (Å²) in [5, 5.41) is 16.7. The highest BCUT2D eigenvalue weighted by molar-refractivity contribution is 7.80. The molecule has 0 fully saturated rings. The van der Waals surface area contributed by atoms with Gasteiger partial charge in [0, 0.05) is 5.56 Å². The first-order valence-corrected chi connectivity index (χ1v) is 6.29.